The van der Waals surface area contributed by atoms with Crippen molar-refractivity contribution in [3.8, 4) is 0 Å². The van der Waals surface area contributed by atoms with Crippen molar-refractivity contribution < 1.29 is 0 Å². The van der Waals surface area contributed by atoms with E-state index in [0.717, 1.165) is 18.4 Å². The van der Waals surface area contributed by atoms with Crippen molar-refractivity contribution in [1.82, 2.24) is 14.9 Å². The van der Waals surface area contributed by atoms with Crippen LogP contribution in [0.3, 0.4) is 0 Å². The number of rotatable bonds is 6. The smallest absolute Gasteiger partial charge is 0.0951 e. The van der Waals surface area contributed by atoms with Gasteiger partial charge in [-0.3, -0.25) is 0 Å². The monoisotopic (exact) mass is 234 g/mol. The van der Waals surface area contributed by atoms with Crippen molar-refractivity contribution in [2.75, 3.05) is 13.1 Å². The normalized spacial score (nSPS) is 29.3. The standard InChI is InChI=1S/C13H22N4/c1-9-4-10(9)6-16-12(5-14)13-7-15-8-17(13)11-2-3-11/h7-12,16H,2-6,14H2,1H3. The molecule has 2 fully saturated rings. The van der Waals surface area contributed by atoms with Gasteiger partial charge in [-0.1, -0.05) is 6.92 Å². The molecule has 94 valence electrons. The second-order valence-corrected chi connectivity index (χ2v) is 5.63. The first-order chi connectivity index (χ1) is 8.29. The van der Waals surface area contributed by atoms with Gasteiger partial charge in [-0.05, 0) is 37.6 Å². The summed E-state index contributed by atoms with van der Waals surface area (Å²) >= 11 is 0. The first kappa shape index (κ1) is 11.2. The third-order valence-electron chi connectivity index (χ3n) is 4.13. The van der Waals surface area contributed by atoms with E-state index in [1.165, 1.54) is 25.0 Å². The van der Waals surface area contributed by atoms with E-state index >= 15 is 0 Å². The lowest BCUT2D eigenvalue weighted by Crippen LogP contribution is -2.31. The van der Waals surface area contributed by atoms with Gasteiger partial charge in [-0.15, -0.1) is 0 Å². The van der Waals surface area contributed by atoms with Gasteiger partial charge in [0.1, 0.15) is 0 Å². The maximum atomic E-state index is 5.89. The van der Waals surface area contributed by atoms with Gasteiger partial charge >= 0.3 is 0 Å². The maximum absolute atomic E-state index is 5.89. The molecule has 2 aliphatic carbocycles. The molecule has 0 radical (unpaired) electrons. The molecule has 3 rings (SSSR count). The quantitative estimate of drug-likeness (QED) is 0.783. The Balaban J connectivity index is 1.64. The van der Waals surface area contributed by atoms with Crippen LogP contribution < -0.4 is 11.1 Å². The highest BCUT2D eigenvalue weighted by Gasteiger charge is 2.33. The Labute approximate surface area is 103 Å². The van der Waals surface area contributed by atoms with Crippen molar-refractivity contribution in [3.63, 3.8) is 0 Å². The minimum absolute atomic E-state index is 0.269. The van der Waals surface area contributed by atoms with Gasteiger partial charge < -0.3 is 15.6 Å². The molecule has 3 atom stereocenters. The van der Waals surface area contributed by atoms with Crippen molar-refractivity contribution in [1.29, 1.82) is 0 Å². The van der Waals surface area contributed by atoms with Crippen LogP contribution in [0.1, 0.15) is 44.0 Å². The first-order valence-corrected chi connectivity index (χ1v) is 6.74. The Morgan fingerprint density at radius 3 is 2.94 bits per heavy atom. The Kier molecular flexibility index (Phi) is 2.92. The fourth-order valence-corrected chi connectivity index (χ4v) is 2.53. The van der Waals surface area contributed by atoms with E-state index < -0.39 is 0 Å². The van der Waals surface area contributed by atoms with Gasteiger partial charge in [0.05, 0.1) is 18.1 Å². The van der Waals surface area contributed by atoms with Crippen molar-refractivity contribution in [2.24, 2.45) is 17.6 Å². The molecule has 0 amide bonds. The summed E-state index contributed by atoms with van der Waals surface area (Å²) in [6, 6.07) is 0.953. The van der Waals surface area contributed by atoms with Gasteiger partial charge in [-0.25, -0.2) is 4.98 Å². The van der Waals surface area contributed by atoms with Gasteiger partial charge in [0.25, 0.3) is 0 Å². The molecule has 2 saturated carbocycles. The summed E-state index contributed by atoms with van der Waals surface area (Å²) in [5.41, 5.74) is 7.16. The summed E-state index contributed by atoms with van der Waals surface area (Å²) in [6.07, 6.45) is 7.88. The van der Waals surface area contributed by atoms with Crippen LogP contribution in [-0.4, -0.2) is 22.6 Å². The van der Waals surface area contributed by atoms with E-state index in [-0.39, 0.29) is 6.04 Å². The molecule has 3 N–H and O–H groups in total. The van der Waals surface area contributed by atoms with Crippen molar-refractivity contribution in [2.45, 2.75) is 38.3 Å². The lowest BCUT2D eigenvalue weighted by molar-refractivity contribution is 0.482. The van der Waals surface area contributed by atoms with Gasteiger partial charge in [0.2, 0.25) is 0 Å². The molecule has 2 aliphatic rings. The summed E-state index contributed by atoms with van der Waals surface area (Å²) in [5.74, 6) is 1.76. The van der Waals surface area contributed by atoms with Crippen LogP contribution in [0.15, 0.2) is 12.5 Å². The molecular formula is C13H22N4. The van der Waals surface area contributed by atoms with E-state index in [9.17, 15) is 0 Å². The third kappa shape index (κ3) is 2.38. The number of hydrogen-bond donors (Lipinski definition) is 2. The van der Waals surface area contributed by atoms with Crippen LogP contribution in [-0.2, 0) is 0 Å². The van der Waals surface area contributed by atoms with E-state index in [1.807, 2.05) is 12.5 Å². The summed E-state index contributed by atoms with van der Waals surface area (Å²) in [5, 5.41) is 3.60. The molecular weight excluding hydrogens is 212 g/mol. The van der Waals surface area contributed by atoms with Crippen LogP contribution in [0.25, 0.3) is 0 Å². The molecule has 0 spiro atoms. The molecule has 4 nitrogen and oxygen atoms in total. The molecule has 3 unspecified atom stereocenters. The minimum Gasteiger partial charge on any atom is -0.330 e. The summed E-state index contributed by atoms with van der Waals surface area (Å²) < 4.78 is 2.31. The highest BCUT2D eigenvalue weighted by atomic mass is 15.1. The zero-order chi connectivity index (χ0) is 11.8. The molecule has 1 heterocycles. The average molecular weight is 234 g/mol. The highest BCUT2D eigenvalue weighted by Crippen LogP contribution is 2.38. The molecule has 4 heteroatoms. The maximum Gasteiger partial charge on any atom is 0.0951 e. The first-order valence-electron chi connectivity index (χ1n) is 6.74. The Morgan fingerprint density at radius 1 is 1.59 bits per heavy atom. The summed E-state index contributed by atoms with van der Waals surface area (Å²) in [7, 11) is 0. The fraction of sp³-hybridized carbons (Fsp3) is 0.769. The lowest BCUT2D eigenvalue weighted by Gasteiger charge is -2.18. The molecule has 1 aromatic rings. The molecule has 0 aromatic carbocycles. The van der Waals surface area contributed by atoms with Gasteiger partial charge in [0.15, 0.2) is 0 Å². The topological polar surface area (TPSA) is 55.9 Å². The van der Waals surface area contributed by atoms with Gasteiger partial charge in [0, 0.05) is 18.8 Å². The zero-order valence-electron chi connectivity index (χ0n) is 10.5. The molecule has 1 aromatic heterocycles. The molecule has 17 heavy (non-hydrogen) atoms. The predicted octanol–water partition coefficient (Wildman–Crippen LogP) is 1.46. The summed E-state index contributed by atoms with van der Waals surface area (Å²) in [4.78, 5) is 4.28. The molecule has 0 bridgehead atoms. The number of hydrogen-bond acceptors (Lipinski definition) is 3. The van der Waals surface area contributed by atoms with E-state index in [0.29, 0.717) is 12.6 Å². The minimum atomic E-state index is 0.269. The Morgan fingerprint density at radius 2 is 2.35 bits per heavy atom. The van der Waals surface area contributed by atoms with E-state index in [4.69, 9.17) is 5.73 Å². The third-order valence-corrected chi connectivity index (χ3v) is 4.13. The zero-order valence-corrected chi connectivity index (χ0v) is 10.5. The Bertz CT molecular complexity index is 383. The van der Waals surface area contributed by atoms with Crippen LogP contribution in [0.5, 0.6) is 0 Å². The predicted molar refractivity (Wildman–Crippen MR) is 67.6 cm³/mol. The van der Waals surface area contributed by atoms with Crippen LogP contribution >= 0.6 is 0 Å². The molecule has 0 saturated heterocycles. The Hall–Kier alpha value is -0.870. The fourth-order valence-electron chi connectivity index (χ4n) is 2.53. The second kappa shape index (κ2) is 4.42. The largest absolute Gasteiger partial charge is 0.330 e. The second-order valence-electron chi connectivity index (χ2n) is 5.63. The SMILES string of the molecule is CC1CC1CNC(CN)c1cncn1C1CC1. The van der Waals surface area contributed by atoms with Crippen LogP contribution in [0, 0.1) is 11.8 Å². The highest BCUT2D eigenvalue weighted by molar-refractivity contribution is 5.10. The van der Waals surface area contributed by atoms with Crippen LogP contribution in [0.4, 0.5) is 0 Å². The average Bonchev–Trinajstić information content (AvgIpc) is 3.23. The number of imidazole rings is 1. The number of nitrogens with zero attached hydrogens (tertiary/aromatic N) is 2. The van der Waals surface area contributed by atoms with Gasteiger partial charge in [-0.2, -0.15) is 0 Å². The van der Waals surface area contributed by atoms with Crippen molar-refractivity contribution in [3.05, 3.63) is 18.2 Å². The number of aromatic nitrogens is 2. The summed E-state index contributed by atoms with van der Waals surface area (Å²) in [6.45, 7) is 4.07. The molecule has 0 aliphatic heterocycles. The van der Waals surface area contributed by atoms with E-state index in [1.54, 1.807) is 0 Å². The number of nitrogens with one attached hydrogen (secondary N) is 1. The van der Waals surface area contributed by atoms with Crippen molar-refractivity contribution >= 4 is 0 Å². The van der Waals surface area contributed by atoms with Crippen LogP contribution in [0.2, 0.25) is 0 Å². The van der Waals surface area contributed by atoms with E-state index in [2.05, 4.69) is 21.8 Å². The lowest BCUT2D eigenvalue weighted by atomic mass is 10.2. The number of nitrogens with two attached hydrogens (primary N) is 1.